The molecule has 0 saturated heterocycles. The highest BCUT2D eigenvalue weighted by Crippen LogP contribution is 2.20. The molecule has 0 radical (unpaired) electrons. The number of carbonyl (C=O) groups excluding carboxylic acids is 1. The summed E-state index contributed by atoms with van der Waals surface area (Å²) in [6.07, 6.45) is 2.76. The zero-order chi connectivity index (χ0) is 21.6. The SMILES string of the molecule is COc1ccc(CN(CC(=O)Nc2ccc(Br)cc2)S(=O)(=O)c2cccnc2)cc1. The van der Waals surface area contributed by atoms with Crippen molar-refractivity contribution in [2.24, 2.45) is 0 Å². The summed E-state index contributed by atoms with van der Waals surface area (Å²) in [6.45, 7) is -0.325. The number of sulfonamides is 1. The molecule has 3 aromatic rings. The quantitative estimate of drug-likeness (QED) is 0.521. The van der Waals surface area contributed by atoms with Crippen LogP contribution < -0.4 is 10.1 Å². The van der Waals surface area contributed by atoms with Gasteiger partial charge in [0.1, 0.15) is 10.6 Å². The predicted octanol–water partition coefficient (Wildman–Crippen LogP) is 3.68. The first-order valence-corrected chi connectivity index (χ1v) is 11.2. The first-order valence-electron chi connectivity index (χ1n) is 8.97. The number of nitrogens with one attached hydrogen (secondary N) is 1. The first-order chi connectivity index (χ1) is 14.4. The van der Waals surface area contributed by atoms with Crippen LogP contribution in [0.25, 0.3) is 0 Å². The molecule has 1 heterocycles. The molecule has 0 fully saturated rings. The average molecular weight is 490 g/mol. The van der Waals surface area contributed by atoms with Gasteiger partial charge >= 0.3 is 0 Å². The molecule has 7 nitrogen and oxygen atoms in total. The third kappa shape index (κ3) is 5.65. The Hall–Kier alpha value is -2.75. The van der Waals surface area contributed by atoms with Crippen LogP contribution in [0.1, 0.15) is 5.56 Å². The molecule has 0 aliphatic rings. The number of carbonyl (C=O) groups is 1. The van der Waals surface area contributed by atoms with Crippen LogP contribution in [0.5, 0.6) is 5.75 Å². The second-order valence-electron chi connectivity index (χ2n) is 6.36. The fraction of sp³-hybridized carbons (Fsp3) is 0.143. The van der Waals surface area contributed by atoms with Gasteiger partial charge in [0.15, 0.2) is 0 Å². The van der Waals surface area contributed by atoms with E-state index in [4.69, 9.17) is 4.74 Å². The van der Waals surface area contributed by atoms with Gasteiger partial charge in [-0.15, -0.1) is 0 Å². The highest BCUT2D eigenvalue weighted by atomic mass is 79.9. The lowest BCUT2D eigenvalue weighted by molar-refractivity contribution is -0.116. The number of benzene rings is 2. The van der Waals surface area contributed by atoms with Crippen molar-refractivity contribution < 1.29 is 17.9 Å². The van der Waals surface area contributed by atoms with E-state index in [1.54, 1.807) is 61.7 Å². The Kier molecular flexibility index (Phi) is 7.20. The first kappa shape index (κ1) is 21.9. The molecule has 0 unspecified atom stereocenters. The summed E-state index contributed by atoms with van der Waals surface area (Å²) in [5, 5.41) is 2.73. The fourth-order valence-corrected chi connectivity index (χ4v) is 4.32. The van der Waals surface area contributed by atoms with Gasteiger partial charge in [0.25, 0.3) is 0 Å². The van der Waals surface area contributed by atoms with Crippen molar-refractivity contribution in [2.45, 2.75) is 11.4 Å². The van der Waals surface area contributed by atoms with Crippen LogP contribution in [-0.2, 0) is 21.4 Å². The van der Waals surface area contributed by atoms with E-state index in [0.29, 0.717) is 11.4 Å². The Bertz CT molecular complexity index is 1090. The zero-order valence-corrected chi connectivity index (χ0v) is 18.6. The van der Waals surface area contributed by atoms with Crippen LogP contribution in [0.2, 0.25) is 0 Å². The second-order valence-corrected chi connectivity index (χ2v) is 9.22. The van der Waals surface area contributed by atoms with Crippen molar-refractivity contribution >= 4 is 37.5 Å². The van der Waals surface area contributed by atoms with E-state index in [2.05, 4.69) is 26.2 Å². The molecular weight excluding hydrogens is 470 g/mol. The highest BCUT2D eigenvalue weighted by Gasteiger charge is 2.27. The lowest BCUT2D eigenvalue weighted by Crippen LogP contribution is -2.37. The van der Waals surface area contributed by atoms with E-state index in [1.165, 1.54) is 18.5 Å². The Morgan fingerprint density at radius 1 is 1.10 bits per heavy atom. The van der Waals surface area contributed by atoms with Crippen molar-refractivity contribution in [3.8, 4) is 5.75 Å². The Balaban J connectivity index is 1.84. The summed E-state index contributed by atoms with van der Waals surface area (Å²) >= 11 is 3.34. The van der Waals surface area contributed by atoms with Gasteiger partial charge < -0.3 is 10.1 Å². The number of hydrogen-bond acceptors (Lipinski definition) is 5. The molecule has 3 rings (SSSR count). The van der Waals surface area contributed by atoms with Crippen LogP contribution in [-0.4, -0.2) is 37.3 Å². The maximum Gasteiger partial charge on any atom is 0.245 e. The average Bonchev–Trinajstić information content (AvgIpc) is 2.76. The van der Waals surface area contributed by atoms with Crippen molar-refractivity contribution in [2.75, 3.05) is 19.0 Å². The molecular formula is C21H20BrN3O4S. The van der Waals surface area contributed by atoms with Crippen molar-refractivity contribution in [3.05, 3.63) is 83.1 Å². The Morgan fingerprint density at radius 3 is 2.40 bits per heavy atom. The molecule has 1 aromatic heterocycles. The van der Waals surface area contributed by atoms with Crippen LogP contribution in [0, 0.1) is 0 Å². The molecule has 0 bridgehead atoms. The molecule has 0 spiro atoms. The van der Waals surface area contributed by atoms with Crippen LogP contribution in [0.15, 0.2) is 82.4 Å². The molecule has 30 heavy (non-hydrogen) atoms. The van der Waals surface area contributed by atoms with E-state index in [-0.39, 0.29) is 18.0 Å². The lowest BCUT2D eigenvalue weighted by atomic mass is 10.2. The molecule has 2 aromatic carbocycles. The van der Waals surface area contributed by atoms with Gasteiger partial charge in [0, 0.05) is 29.1 Å². The second kappa shape index (κ2) is 9.84. The number of aromatic nitrogens is 1. The molecule has 9 heteroatoms. The Labute approximate surface area is 183 Å². The van der Waals surface area contributed by atoms with Crippen molar-refractivity contribution in [1.29, 1.82) is 0 Å². The maximum absolute atomic E-state index is 13.2. The number of nitrogens with zero attached hydrogens (tertiary/aromatic N) is 2. The third-order valence-corrected chi connectivity index (χ3v) is 6.54. The standard InChI is InChI=1S/C21H20BrN3O4S/c1-29-19-10-4-16(5-11-19)14-25(30(27,28)20-3-2-12-23-13-20)15-21(26)24-18-8-6-17(22)7-9-18/h2-13H,14-15H2,1H3,(H,24,26). The number of methoxy groups -OCH3 is 1. The summed E-state index contributed by atoms with van der Waals surface area (Å²) in [6, 6.07) is 17.0. The molecule has 0 atom stereocenters. The molecule has 0 aliphatic carbocycles. The number of amides is 1. The Morgan fingerprint density at radius 2 is 1.80 bits per heavy atom. The fourth-order valence-electron chi connectivity index (χ4n) is 2.70. The normalized spacial score (nSPS) is 11.3. The zero-order valence-electron chi connectivity index (χ0n) is 16.2. The van der Waals surface area contributed by atoms with Crippen LogP contribution in [0.3, 0.4) is 0 Å². The molecule has 0 aliphatic heterocycles. The van der Waals surface area contributed by atoms with E-state index in [9.17, 15) is 13.2 Å². The van der Waals surface area contributed by atoms with Gasteiger partial charge in [0.05, 0.1) is 13.7 Å². The number of anilines is 1. The largest absolute Gasteiger partial charge is 0.497 e. The van der Waals surface area contributed by atoms with E-state index in [1.807, 2.05) is 0 Å². The van der Waals surface area contributed by atoms with Gasteiger partial charge in [0.2, 0.25) is 15.9 Å². The summed E-state index contributed by atoms with van der Waals surface area (Å²) in [4.78, 5) is 16.5. The summed E-state index contributed by atoms with van der Waals surface area (Å²) in [5.74, 6) is 0.215. The number of hydrogen-bond donors (Lipinski definition) is 1. The molecule has 156 valence electrons. The molecule has 0 saturated carbocycles. The monoisotopic (exact) mass is 489 g/mol. The van der Waals surface area contributed by atoms with Crippen molar-refractivity contribution in [3.63, 3.8) is 0 Å². The summed E-state index contributed by atoms with van der Waals surface area (Å²) in [7, 11) is -2.38. The van der Waals surface area contributed by atoms with Gasteiger partial charge in [-0.05, 0) is 54.1 Å². The number of rotatable bonds is 8. The van der Waals surface area contributed by atoms with Gasteiger partial charge in [-0.2, -0.15) is 4.31 Å². The van der Waals surface area contributed by atoms with Crippen LogP contribution in [0.4, 0.5) is 5.69 Å². The number of halogens is 1. The van der Waals surface area contributed by atoms with Gasteiger partial charge in [-0.25, -0.2) is 8.42 Å². The molecule has 1 N–H and O–H groups in total. The number of pyridine rings is 1. The highest BCUT2D eigenvalue weighted by molar-refractivity contribution is 9.10. The number of ether oxygens (including phenoxy) is 1. The predicted molar refractivity (Wildman–Crippen MR) is 118 cm³/mol. The van der Waals surface area contributed by atoms with E-state index >= 15 is 0 Å². The summed E-state index contributed by atoms with van der Waals surface area (Å²) in [5.41, 5.74) is 1.30. The van der Waals surface area contributed by atoms with E-state index < -0.39 is 15.9 Å². The van der Waals surface area contributed by atoms with Crippen LogP contribution >= 0.6 is 15.9 Å². The van der Waals surface area contributed by atoms with Crippen molar-refractivity contribution in [1.82, 2.24) is 9.29 Å². The third-order valence-electron chi connectivity index (χ3n) is 4.24. The maximum atomic E-state index is 13.2. The lowest BCUT2D eigenvalue weighted by Gasteiger charge is -2.22. The smallest absolute Gasteiger partial charge is 0.245 e. The minimum absolute atomic E-state index is 0.0228. The molecule has 1 amide bonds. The van der Waals surface area contributed by atoms with Gasteiger partial charge in [-0.3, -0.25) is 9.78 Å². The minimum atomic E-state index is -3.94. The topological polar surface area (TPSA) is 88.6 Å². The van der Waals surface area contributed by atoms with E-state index in [0.717, 1.165) is 14.3 Å². The summed E-state index contributed by atoms with van der Waals surface area (Å²) < 4.78 is 33.5. The van der Waals surface area contributed by atoms with Gasteiger partial charge in [-0.1, -0.05) is 28.1 Å². The minimum Gasteiger partial charge on any atom is -0.497 e.